The lowest BCUT2D eigenvalue weighted by atomic mass is 10.0. The van der Waals surface area contributed by atoms with E-state index in [9.17, 15) is 9.59 Å². The Hall–Kier alpha value is -2.54. The molecule has 7 heteroatoms. The lowest BCUT2D eigenvalue weighted by Crippen LogP contribution is -2.46. The fourth-order valence-corrected chi connectivity index (χ4v) is 2.81. The number of nitrogens with two attached hydrogens (primary N) is 1. The number of anilines is 2. The van der Waals surface area contributed by atoms with Gasteiger partial charge in [-0.25, -0.2) is 0 Å². The summed E-state index contributed by atoms with van der Waals surface area (Å²) < 4.78 is 5.09. The summed E-state index contributed by atoms with van der Waals surface area (Å²) in [6.07, 6.45) is 0. The van der Waals surface area contributed by atoms with E-state index in [1.54, 1.807) is 30.3 Å². The molecule has 128 valence electrons. The Morgan fingerprint density at radius 3 is 2.54 bits per heavy atom. The average molecular weight is 347 g/mol. The highest BCUT2D eigenvalue weighted by atomic mass is 32.1. The number of amides is 2. The largest absolute Gasteiger partial charge is 0.495 e. The summed E-state index contributed by atoms with van der Waals surface area (Å²) in [6, 6.07) is 7.87. The first-order valence-electron chi connectivity index (χ1n) is 7.51. The minimum Gasteiger partial charge on any atom is -0.495 e. The van der Waals surface area contributed by atoms with Gasteiger partial charge in [0.1, 0.15) is 11.8 Å². The number of ether oxygens (including phenoxy) is 1. The van der Waals surface area contributed by atoms with Gasteiger partial charge in [0.25, 0.3) is 5.91 Å². The van der Waals surface area contributed by atoms with Crippen molar-refractivity contribution in [2.45, 2.75) is 19.9 Å². The van der Waals surface area contributed by atoms with Crippen molar-refractivity contribution < 1.29 is 14.3 Å². The van der Waals surface area contributed by atoms with E-state index < -0.39 is 6.04 Å². The third-order valence-corrected chi connectivity index (χ3v) is 4.35. The number of benzene rings is 1. The fourth-order valence-electron chi connectivity index (χ4n) is 2.19. The van der Waals surface area contributed by atoms with Gasteiger partial charge in [-0.1, -0.05) is 19.9 Å². The van der Waals surface area contributed by atoms with E-state index in [0.29, 0.717) is 22.0 Å². The van der Waals surface area contributed by atoms with Gasteiger partial charge in [-0.2, -0.15) is 0 Å². The number of hydrogen-bond acceptors (Lipinski definition) is 5. The molecule has 1 unspecified atom stereocenters. The number of hydrogen-bond donors (Lipinski definition) is 3. The Bertz CT molecular complexity index is 714. The Morgan fingerprint density at radius 1 is 1.25 bits per heavy atom. The summed E-state index contributed by atoms with van der Waals surface area (Å²) in [5.41, 5.74) is 6.82. The molecule has 0 saturated carbocycles. The quantitative estimate of drug-likeness (QED) is 0.701. The predicted octanol–water partition coefficient (Wildman–Crippen LogP) is 2.73. The molecule has 2 aromatic rings. The molecule has 0 aliphatic heterocycles. The highest BCUT2D eigenvalue weighted by Gasteiger charge is 2.25. The summed E-state index contributed by atoms with van der Waals surface area (Å²) in [7, 11) is 1.53. The first-order valence-corrected chi connectivity index (χ1v) is 8.39. The molecule has 1 heterocycles. The lowest BCUT2D eigenvalue weighted by Gasteiger charge is -2.21. The molecule has 0 fully saturated rings. The second-order valence-corrected chi connectivity index (χ2v) is 6.57. The van der Waals surface area contributed by atoms with Crippen molar-refractivity contribution in [1.82, 2.24) is 5.32 Å². The Morgan fingerprint density at radius 2 is 2.00 bits per heavy atom. The van der Waals surface area contributed by atoms with Crippen LogP contribution in [0.3, 0.4) is 0 Å². The van der Waals surface area contributed by atoms with Crippen LogP contribution in [0.5, 0.6) is 5.75 Å². The molecule has 1 atom stereocenters. The van der Waals surface area contributed by atoms with Crippen LogP contribution in [0.2, 0.25) is 0 Å². The Balaban J connectivity index is 2.09. The van der Waals surface area contributed by atoms with E-state index >= 15 is 0 Å². The number of nitrogens with one attached hydrogen (secondary N) is 2. The van der Waals surface area contributed by atoms with Gasteiger partial charge in [0, 0.05) is 5.69 Å². The van der Waals surface area contributed by atoms with Crippen LogP contribution in [0.25, 0.3) is 0 Å². The molecule has 1 aromatic carbocycles. The molecule has 2 amide bonds. The summed E-state index contributed by atoms with van der Waals surface area (Å²) in [5, 5.41) is 7.38. The van der Waals surface area contributed by atoms with Crippen molar-refractivity contribution in [2.75, 3.05) is 18.2 Å². The standard InChI is InChI=1S/C17H21N3O3S/c1-10(2)15(20-16(21)14-5-4-8-24-14)17(22)19-11-6-7-13(23-3)12(18)9-11/h4-10,15H,18H2,1-3H3,(H,19,22)(H,20,21). The van der Waals surface area contributed by atoms with Gasteiger partial charge in [0.15, 0.2) is 0 Å². The van der Waals surface area contributed by atoms with Crippen LogP contribution in [0.1, 0.15) is 23.5 Å². The SMILES string of the molecule is COc1ccc(NC(=O)C(NC(=O)c2cccs2)C(C)C)cc1N. The maximum absolute atomic E-state index is 12.5. The van der Waals surface area contributed by atoms with E-state index in [4.69, 9.17) is 10.5 Å². The van der Waals surface area contributed by atoms with Gasteiger partial charge in [0.2, 0.25) is 5.91 Å². The molecule has 0 radical (unpaired) electrons. The van der Waals surface area contributed by atoms with Crippen LogP contribution < -0.4 is 21.1 Å². The molecular formula is C17H21N3O3S. The first kappa shape index (κ1) is 17.8. The number of carbonyl (C=O) groups is 2. The Kier molecular flexibility index (Phi) is 5.81. The van der Waals surface area contributed by atoms with Crippen LogP contribution in [0.15, 0.2) is 35.7 Å². The predicted molar refractivity (Wildman–Crippen MR) is 96.4 cm³/mol. The van der Waals surface area contributed by atoms with Crippen LogP contribution in [-0.4, -0.2) is 25.0 Å². The highest BCUT2D eigenvalue weighted by molar-refractivity contribution is 7.12. The van der Waals surface area contributed by atoms with Crippen molar-refractivity contribution in [2.24, 2.45) is 5.92 Å². The van der Waals surface area contributed by atoms with Gasteiger partial charge < -0.3 is 21.1 Å². The number of carbonyl (C=O) groups excluding carboxylic acids is 2. The zero-order chi connectivity index (χ0) is 17.7. The minimum atomic E-state index is -0.650. The molecule has 6 nitrogen and oxygen atoms in total. The van der Waals surface area contributed by atoms with Gasteiger partial charge in [-0.05, 0) is 35.6 Å². The van der Waals surface area contributed by atoms with Gasteiger partial charge >= 0.3 is 0 Å². The van der Waals surface area contributed by atoms with Crippen LogP contribution in [0.4, 0.5) is 11.4 Å². The zero-order valence-electron chi connectivity index (χ0n) is 13.8. The summed E-state index contributed by atoms with van der Waals surface area (Å²) in [4.78, 5) is 25.3. The lowest BCUT2D eigenvalue weighted by molar-refractivity contribution is -0.118. The summed E-state index contributed by atoms with van der Waals surface area (Å²) >= 11 is 1.33. The fraction of sp³-hybridized carbons (Fsp3) is 0.294. The molecule has 0 aliphatic rings. The van der Waals surface area contributed by atoms with E-state index in [-0.39, 0.29) is 17.7 Å². The van der Waals surface area contributed by atoms with Gasteiger partial charge in [0.05, 0.1) is 17.7 Å². The monoisotopic (exact) mass is 347 g/mol. The number of nitrogen functional groups attached to an aromatic ring is 1. The highest BCUT2D eigenvalue weighted by Crippen LogP contribution is 2.24. The van der Waals surface area contributed by atoms with Crippen molar-refractivity contribution in [3.05, 3.63) is 40.6 Å². The van der Waals surface area contributed by atoms with E-state index in [1.165, 1.54) is 18.4 Å². The molecule has 4 N–H and O–H groups in total. The van der Waals surface area contributed by atoms with Gasteiger partial charge in [-0.15, -0.1) is 11.3 Å². The molecular weight excluding hydrogens is 326 g/mol. The number of rotatable bonds is 6. The molecule has 0 bridgehead atoms. The van der Waals surface area contributed by atoms with E-state index in [1.807, 2.05) is 19.2 Å². The van der Waals surface area contributed by atoms with Crippen molar-refractivity contribution in [3.63, 3.8) is 0 Å². The van der Waals surface area contributed by atoms with Crippen molar-refractivity contribution >= 4 is 34.5 Å². The summed E-state index contributed by atoms with van der Waals surface area (Å²) in [5.74, 6) is -0.0727. The molecule has 2 rings (SSSR count). The number of methoxy groups -OCH3 is 1. The third kappa shape index (κ3) is 4.26. The minimum absolute atomic E-state index is 0.0653. The van der Waals surface area contributed by atoms with E-state index in [2.05, 4.69) is 10.6 Å². The molecule has 0 aliphatic carbocycles. The topological polar surface area (TPSA) is 93.5 Å². The molecule has 1 aromatic heterocycles. The second-order valence-electron chi connectivity index (χ2n) is 5.62. The third-order valence-electron chi connectivity index (χ3n) is 3.48. The smallest absolute Gasteiger partial charge is 0.262 e. The average Bonchev–Trinajstić information content (AvgIpc) is 3.06. The van der Waals surface area contributed by atoms with Crippen molar-refractivity contribution in [3.8, 4) is 5.75 Å². The van der Waals surface area contributed by atoms with Crippen LogP contribution in [0, 0.1) is 5.92 Å². The molecule has 0 saturated heterocycles. The summed E-state index contributed by atoms with van der Waals surface area (Å²) in [6.45, 7) is 3.75. The normalized spacial score (nSPS) is 11.8. The van der Waals surface area contributed by atoms with Gasteiger partial charge in [-0.3, -0.25) is 9.59 Å². The number of thiophene rings is 1. The maximum Gasteiger partial charge on any atom is 0.262 e. The van der Waals surface area contributed by atoms with E-state index in [0.717, 1.165) is 0 Å². The zero-order valence-corrected chi connectivity index (χ0v) is 14.6. The maximum atomic E-state index is 12.5. The van der Waals surface area contributed by atoms with Crippen LogP contribution >= 0.6 is 11.3 Å². The Labute approximate surface area is 145 Å². The molecule has 24 heavy (non-hydrogen) atoms. The second kappa shape index (κ2) is 7.83. The first-order chi connectivity index (χ1) is 11.4. The molecule has 0 spiro atoms. The van der Waals surface area contributed by atoms with Crippen molar-refractivity contribution in [1.29, 1.82) is 0 Å². The van der Waals surface area contributed by atoms with Crippen LogP contribution in [-0.2, 0) is 4.79 Å².